The lowest BCUT2D eigenvalue weighted by Crippen LogP contribution is -2.32. The molecule has 0 bridgehead atoms. The Hall–Kier alpha value is -1.99. The lowest BCUT2D eigenvalue weighted by Gasteiger charge is -2.06. The number of hydrogen-bond donors (Lipinski definition) is 2. The first-order chi connectivity index (χ1) is 7.63. The lowest BCUT2D eigenvalue weighted by atomic mass is 10.1. The summed E-state index contributed by atoms with van der Waals surface area (Å²) in [5, 5.41) is 8.65. The molecule has 4 heteroatoms. The normalized spacial score (nSPS) is 11.1. The molecule has 0 radical (unpaired) electrons. The molecule has 0 heterocycles. The molecule has 0 spiro atoms. The Morgan fingerprint density at radius 1 is 1.50 bits per heavy atom. The Bertz CT molecular complexity index is 414. The molecule has 0 amide bonds. The average molecular weight is 219 g/mol. The molecule has 1 aromatic rings. The largest absolute Gasteiger partial charge is 0.480 e. The van der Waals surface area contributed by atoms with Crippen molar-refractivity contribution >= 4 is 5.97 Å². The molecule has 0 aliphatic rings. The highest BCUT2D eigenvalue weighted by Crippen LogP contribution is 2.12. The van der Waals surface area contributed by atoms with E-state index in [0.717, 1.165) is 5.56 Å². The van der Waals surface area contributed by atoms with Gasteiger partial charge in [0.2, 0.25) is 0 Å². The summed E-state index contributed by atoms with van der Waals surface area (Å²) >= 11 is 0. The third-order valence-corrected chi connectivity index (χ3v) is 1.97. The molecule has 0 fully saturated rings. The zero-order valence-electron chi connectivity index (χ0n) is 8.93. The van der Waals surface area contributed by atoms with E-state index in [1.165, 1.54) is 0 Å². The van der Waals surface area contributed by atoms with E-state index >= 15 is 0 Å². The van der Waals surface area contributed by atoms with Crippen molar-refractivity contribution in [2.24, 2.45) is 5.73 Å². The van der Waals surface area contributed by atoms with Gasteiger partial charge >= 0.3 is 5.97 Å². The zero-order valence-corrected chi connectivity index (χ0v) is 8.93. The fraction of sp³-hybridized carbons (Fsp3) is 0.250. The highest BCUT2D eigenvalue weighted by atomic mass is 16.5. The van der Waals surface area contributed by atoms with Crippen LogP contribution < -0.4 is 10.5 Å². The van der Waals surface area contributed by atoms with Crippen molar-refractivity contribution in [3.63, 3.8) is 0 Å². The van der Waals surface area contributed by atoms with Crippen LogP contribution in [0.1, 0.15) is 12.5 Å². The number of benzene rings is 1. The Morgan fingerprint density at radius 3 is 2.62 bits per heavy atom. The van der Waals surface area contributed by atoms with Crippen molar-refractivity contribution in [2.75, 3.05) is 0 Å². The molecule has 16 heavy (non-hydrogen) atoms. The molecule has 0 aliphatic heterocycles. The smallest absolute Gasteiger partial charge is 0.320 e. The van der Waals surface area contributed by atoms with Crippen molar-refractivity contribution < 1.29 is 14.6 Å². The molecule has 0 saturated carbocycles. The van der Waals surface area contributed by atoms with Gasteiger partial charge in [-0.3, -0.25) is 4.79 Å². The second-order valence-corrected chi connectivity index (χ2v) is 3.25. The van der Waals surface area contributed by atoms with E-state index in [1.807, 2.05) is 0 Å². The van der Waals surface area contributed by atoms with Crippen LogP contribution in [-0.4, -0.2) is 17.1 Å². The number of carboxylic acids is 1. The van der Waals surface area contributed by atoms with Crippen LogP contribution in [0.4, 0.5) is 0 Å². The van der Waals surface area contributed by atoms with Gasteiger partial charge < -0.3 is 15.6 Å². The Morgan fingerprint density at radius 2 is 2.12 bits per heavy atom. The maximum atomic E-state index is 10.5. The summed E-state index contributed by atoms with van der Waals surface area (Å²) in [5.74, 6) is 2.23. The van der Waals surface area contributed by atoms with Gasteiger partial charge in [-0.1, -0.05) is 18.1 Å². The van der Waals surface area contributed by atoms with Gasteiger partial charge in [0, 0.05) is 6.92 Å². The SMILES string of the molecule is CC#COc1ccc(C[C@H](N)C(=O)O)cc1. The first kappa shape index (κ1) is 12.1. The number of rotatable bonds is 4. The number of aliphatic carboxylic acids is 1. The van der Waals surface area contributed by atoms with Crippen molar-refractivity contribution in [3.8, 4) is 17.8 Å². The van der Waals surface area contributed by atoms with Crippen LogP contribution in [0.3, 0.4) is 0 Å². The zero-order chi connectivity index (χ0) is 12.0. The third kappa shape index (κ3) is 3.64. The molecule has 3 N–H and O–H groups in total. The fourth-order valence-corrected chi connectivity index (χ4v) is 1.14. The van der Waals surface area contributed by atoms with Crippen LogP contribution in [0, 0.1) is 12.0 Å². The summed E-state index contributed by atoms with van der Waals surface area (Å²) in [6.07, 6.45) is 2.77. The molecule has 84 valence electrons. The number of carbonyl (C=O) groups is 1. The highest BCUT2D eigenvalue weighted by molar-refractivity contribution is 5.73. The van der Waals surface area contributed by atoms with Gasteiger partial charge in [-0.2, -0.15) is 0 Å². The van der Waals surface area contributed by atoms with Crippen LogP contribution >= 0.6 is 0 Å². The van der Waals surface area contributed by atoms with Crippen LogP contribution in [0.15, 0.2) is 24.3 Å². The summed E-state index contributed by atoms with van der Waals surface area (Å²) in [6.45, 7) is 1.68. The van der Waals surface area contributed by atoms with Crippen molar-refractivity contribution in [1.82, 2.24) is 0 Å². The number of nitrogens with two attached hydrogens (primary N) is 1. The van der Waals surface area contributed by atoms with Crippen LogP contribution in [0.2, 0.25) is 0 Å². The summed E-state index contributed by atoms with van der Waals surface area (Å²) in [6, 6.07) is 6.13. The maximum Gasteiger partial charge on any atom is 0.320 e. The average Bonchev–Trinajstić information content (AvgIpc) is 2.28. The molecule has 0 aromatic heterocycles. The maximum absolute atomic E-state index is 10.5. The topological polar surface area (TPSA) is 72.5 Å². The Labute approximate surface area is 94.0 Å². The second-order valence-electron chi connectivity index (χ2n) is 3.25. The van der Waals surface area contributed by atoms with Crippen molar-refractivity contribution in [3.05, 3.63) is 29.8 Å². The minimum absolute atomic E-state index is 0.301. The highest BCUT2D eigenvalue weighted by Gasteiger charge is 2.11. The van der Waals surface area contributed by atoms with E-state index in [4.69, 9.17) is 15.6 Å². The van der Waals surface area contributed by atoms with E-state index in [-0.39, 0.29) is 0 Å². The van der Waals surface area contributed by atoms with E-state index in [2.05, 4.69) is 12.0 Å². The molecule has 0 unspecified atom stereocenters. The van der Waals surface area contributed by atoms with E-state index in [0.29, 0.717) is 12.2 Å². The number of ether oxygens (including phenoxy) is 1. The Kier molecular flexibility index (Phi) is 4.37. The first-order valence-corrected chi connectivity index (χ1v) is 4.79. The first-order valence-electron chi connectivity index (χ1n) is 4.79. The minimum atomic E-state index is -1.00. The Balaban J connectivity index is 2.63. The third-order valence-electron chi connectivity index (χ3n) is 1.97. The van der Waals surface area contributed by atoms with Crippen molar-refractivity contribution in [2.45, 2.75) is 19.4 Å². The van der Waals surface area contributed by atoms with Gasteiger partial charge in [0.05, 0.1) is 0 Å². The van der Waals surface area contributed by atoms with E-state index in [1.54, 1.807) is 31.2 Å². The van der Waals surface area contributed by atoms with Crippen LogP contribution in [0.5, 0.6) is 5.75 Å². The molecule has 4 nitrogen and oxygen atoms in total. The molecular formula is C12H13NO3. The van der Waals surface area contributed by atoms with Crippen molar-refractivity contribution in [1.29, 1.82) is 0 Å². The quantitative estimate of drug-likeness (QED) is 0.741. The monoisotopic (exact) mass is 219 g/mol. The predicted octanol–water partition coefficient (Wildman–Crippen LogP) is 1.00. The van der Waals surface area contributed by atoms with Gasteiger partial charge in [0.1, 0.15) is 17.9 Å². The second kappa shape index (κ2) is 5.79. The van der Waals surface area contributed by atoms with Gasteiger partial charge in [-0.25, -0.2) is 0 Å². The minimum Gasteiger partial charge on any atom is -0.480 e. The van der Waals surface area contributed by atoms with Gasteiger partial charge in [0.25, 0.3) is 0 Å². The summed E-state index contributed by atoms with van der Waals surface area (Å²) in [4.78, 5) is 10.5. The van der Waals surface area contributed by atoms with Crippen LogP contribution in [0.25, 0.3) is 0 Å². The fourth-order valence-electron chi connectivity index (χ4n) is 1.14. The molecule has 0 saturated heterocycles. The number of hydrogen-bond acceptors (Lipinski definition) is 3. The lowest BCUT2D eigenvalue weighted by molar-refractivity contribution is -0.138. The standard InChI is InChI=1S/C12H13NO3/c1-2-7-16-10-5-3-9(4-6-10)8-11(13)12(14)15/h3-6,11H,8,13H2,1H3,(H,14,15)/t11-/m0/s1. The summed E-state index contributed by atoms with van der Waals surface area (Å²) in [7, 11) is 0. The number of carboxylic acid groups (broad SMARTS) is 1. The van der Waals surface area contributed by atoms with E-state index in [9.17, 15) is 4.79 Å². The van der Waals surface area contributed by atoms with Gasteiger partial charge in [-0.05, 0) is 24.1 Å². The summed E-state index contributed by atoms with van der Waals surface area (Å²) in [5.41, 5.74) is 6.27. The predicted molar refractivity (Wildman–Crippen MR) is 59.8 cm³/mol. The molecular weight excluding hydrogens is 206 g/mol. The van der Waals surface area contributed by atoms with Gasteiger partial charge in [0.15, 0.2) is 0 Å². The van der Waals surface area contributed by atoms with E-state index < -0.39 is 12.0 Å². The molecule has 0 aliphatic carbocycles. The van der Waals surface area contributed by atoms with Crippen LogP contribution in [-0.2, 0) is 11.2 Å². The molecule has 1 aromatic carbocycles. The summed E-state index contributed by atoms with van der Waals surface area (Å²) < 4.78 is 5.05. The molecule has 1 atom stereocenters. The van der Waals surface area contributed by atoms with Gasteiger partial charge in [-0.15, -0.1) is 0 Å². The molecule has 1 rings (SSSR count).